The van der Waals surface area contributed by atoms with Crippen molar-refractivity contribution in [3.8, 4) is 0 Å². The average molecular weight is 423 g/mol. The van der Waals surface area contributed by atoms with Gasteiger partial charge in [-0.15, -0.1) is 0 Å². The molecule has 2 aromatic rings. The number of nitrogens with one attached hydrogen (secondary N) is 1. The molecule has 1 N–H and O–H groups in total. The molecular formula is C20H23F2N3O3S. The maximum atomic E-state index is 13.6. The molecule has 0 atom stereocenters. The van der Waals surface area contributed by atoms with E-state index in [2.05, 4.69) is 10.2 Å². The lowest BCUT2D eigenvalue weighted by molar-refractivity contribution is 0.0952. The highest BCUT2D eigenvalue weighted by atomic mass is 32.2. The fourth-order valence-electron chi connectivity index (χ4n) is 3.20. The zero-order chi connectivity index (χ0) is 20.9. The van der Waals surface area contributed by atoms with Gasteiger partial charge in [0.2, 0.25) is 10.0 Å². The lowest BCUT2D eigenvalue weighted by Crippen LogP contribution is -2.49. The molecule has 9 heteroatoms. The molecule has 2 aromatic carbocycles. The number of carbonyl (C=O) groups excluding carboxylic acids is 1. The first-order valence-electron chi connectivity index (χ1n) is 9.32. The molecule has 1 fully saturated rings. The predicted octanol–water partition coefficient (Wildman–Crippen LogP) is 1.84. The molecule has 156 valence electrons. The number of amides is 1. The van der Waals surface area contributed by atoms with Crippen molar-refractivity contribution in [3.05, 3.63) is 71.3 Å². The van der Waals surface area contributed by atoms with Crippen molar-refractivity contribution in [1.29, 1.82) is 0 Å². The maximum absolute atomic E-state index is 13.6. The Balaban J connectivity index is 1.46. The lowest BCUT2D eigenvalue weighted by Gasteiger charge is -2.34. The van der Waals surface area contributed by atoms with Gasteiger partial charge in [-0.3, -0.25) is 9.69 Å². The van der Waals surface area contributed by atoms with E-state index in [0.29, 0.717) is 32.2 Å². The maximum Gasteiger partial charge on any atom is 0.254 e. The van der Waals surface area contributed by atoms with Crippen LogP contribution in [0.1, 0.15) is 15.9 Å². The normalized spacial score (nSPS) is 15.9. The van der Waals surface area contributed by atoms with Gasteiger partial charge in [0.05, 0.1) is 11.3 Å². The molecule has 0 saturated carbocycles. The average Bonchev–Trinajstić information content (AvgIpc) is 2.69. The molecular weight excluding hydrogens is 400 g/mol. The van der Waals surface area contributed by atoms with Gasteiger partial charge in [0, 0.05) is 45.3 Å². The zero-order valence-electron chi connectivity index (χ0n) is 15.9. The molecule has 0 radical (unpaired) electrons. The Hall–Kier alpha value is -2.36. The van der Waals surface area contributed by atoms with E-state index in [-0.39, 0.29) is 17.9 Å². The van der Waals surface area contributed by atoms with E-state index in [1.54, 1.807) is 0 Å². The summed E-state index contributed by atoms with van der Waals surface area (Å²) >= 11 is 0. The SMILES string of the molecule is O=C(NCCS(=O)(=O)N1CCN(Cc2ccccc2)CC1)c1ccc(F)cc1F. The Labute approximate surface area is 169 Å². The number of nitrogens with zero attached hydrogens (tertiary/aromatic N) is 2. The number of piperazine rings is 1. The molecule has 1 aliphatic rings. The fraction of sp³-hybridized carbons (Fsp3) is 0.350. The molecule has 0 bridgehead atoms. The molecule has 0 spiro atoms. The van der Waals surface area contributed by atoms with Crippen LogP contribution in [0.5, 0.6) is 0 Å². The number of carbonyl (C=O) groups is 1. The van der Waals surface area contributed by atoms with Crippen LogP contribution in [0.4, 0.5) is 8.78 Å². The third-order valence-corrected chi connectivity index (χ3v) is 6.67. The highest BCUT2D eigenvalue weighted by molar-refractivity contribution is 7.89. The largest absolute Gasteiger partial charge is 0.351 e. The van der Waals surface area contributed by atoms with Crippen LogP contribution in [0.2, 0.25) is 0 Å². The second kappa shape index (κ2) is 9.43. The van der Waals surface area contributed by atoms with Crippen LogP contribution in [0, 0.1) is 11.6 Å². The summed E-state index contributed by atoms with van der Waals surface area (Å²) in [5.41, 5.74) is 0.859. The van der Waals surface area contributed by atoms with Gasteiger partial charge in [-0.1, -0.05) is 30.3 Å². The zero-order valence-corrected chi connectivity index (χ0v) is 16.7. The van der Waals surface area contributed by atoms with Crippen molar-refractivity contribution in [3.63, 3.8) is 0 Å². The van der Waals surface area contributed by atoms with Crippen molar-refractivity contribution in [1.82, 2.24) is 14.5 Å². The minimum Gasteiger partial charge on any atom is -0.351 e. The Morgan fingerprint density at radius 3 is 2.34 bits per heavy atom. The third kappa shape index (κ3) is 5.81. The second-order valence-electron chi connectivity index (χ2n) is 6.86. The summed E-state index contributed by atoms with van der Waals surface area (Å²) < 4.78 is 53.0. The van der Waals surface area contributed by atoms with Gasteiger partial charge in [-0.2, -0.15) is 4.31 Å². The molecule has 1 saturated heterocycles. The van der Waals surface area contributed by atoms with Gasteiger partial charge in [0.1, 0.15) is 11.6 Å². The number of benzene rings is 2. The standard InChI is InChI=1S/C20H23F2N3O3S/c21-17-6-7-18(19(22)14-17)20(26)23-8-13-29(27,28)25-11-9-24(10-12-25)15-16-4-2-1-3-5-16/h1-7,14H,8-13,15H2,(H,23,26). The van der Waals surface area contributed by atoms with E-state index in [1.807, 2.05) is 30.3 Å². The van der Waals surface area contributed by atoms with E-state index < -0.39 is 27.6 Å². The van der Waals surface area contributed by atoms with Crippen LogP contribution in [0.15, 0.2) is 48.5 Å². The van der Waals surface area contributed by atoms with Gasteiger partial charge in [0.15, 0.2) is 0 Å². The topological polar surface area (TPSA) is 69.7 Å². The number of hydrogen-bond acceptors (Lipinski definition) is 4. The lowest BCUT2D eigenvalue weighted by atomic mass is 10.2. The minimum atomic E-state index is -3.54. The summed E-state index contributed by atoms with van der Waals surface area (Å²) in [6.07, 6.45) is 0. The Morgan fingerprint density at radius 1 is 1.00 bits per heavy atom. The Kier molecular flexibility index (Phi) is 6.94. The quantitative estimate of drug-likeness (QED) is 0.738. The summed E-state index contributed by atoms with van der Waals surface area (Å²) in [6, 6.07) is 12.6. The summed E-state index contributed by atoms with van der Waals surface area (Å²) in [5, 5.41) is 2.38. The van der Waals surface area contributed by atoms with E-state index in [9.17, 15) is 22.0 Å². The first-order chi connectivity index (χ1) is 13.8. The van der Waals surface area contributed by atoms with Crippen LogP contribution in [0.3, 0.4) is 0 Å². The van der Waals surface area contributed by atoms with Crippen LogP contribution in [-0.2, 0) is 16.6 Å². The van der Waals surface area contributed by atoms with E-state index in [1.165, 1.54) is 9.87 Å². The monoisotopic (exact) mass is 423 g/mol. The summed E-state index contributed by atoms with van der Waals surface area (Å²) in [7, 11) is -3.54. The van der Waals surface area contributed by atoms with Gasteiger partial charge >= 0.3 is 0 Å². The van der Waals surface area contributed by atoms with Crippen LogP contribution in [0.25, 0.3) is 0 Å². The van der Waals surface area contributed by atoms with Gasteiger partial charge in [-0.25, -0.2) is 17.2 Å². The molecule has 6 nitrogen and oxygen atoms in total. The Bertz CT molecular complexity index is 947. The van der Waals surface area contributed by atoms with E-state index >= 15 is 0 Å². The molecule has 1 aliphatic heterocycles. The predicted molar refractivity (Wildman–Crippen MR) is 106 cm³/mol. The number of sulfonamides is 1. The van der Waals surface area contributed by atoms with E-state index in [4.69, 9.17) is 0 Å². The molecule has 0 aliphatic carbocycles. The van der Waals surface area contributed by atoms with Crippen LogP contribution in [-0.4, -0.2) is 62.0 Å². The first kappa shape index (κ1) is 21.4. The van der Waals surface area contributed by atoms with Crippen molar-refractivity contribution >= 4 is 15.9 Å². The van der Waals surface area contributed by atoms with Crippen LogP contribution >= 0.6 is 0 Å². The summed E-state index contributed by atoms with van der Waals surface area (Å²) in [4.78, 5) is 14.2. The Morgan fingerprint density at radius 2 is 1.69 bits per heavy atom. The minimum absolute atomic E-state index is 0.151. The van der Waals surface area contributed by atoms with Gasteiger partial charge < -0.3 is 5.32 Å². The summed E-state index contributed by atoms with van der Waals surface area (Å²) in [6.45, 7) is 2.64. The molecule has 0 aromatic heterocycles. The summed E-state index contributed by atoms with van der Waals surface area (Å²) in [5.74, 6) is -2.82. The number of hydrogen-bond donors (Lipinski definition) is 1. The second-order valence-corrected chi connectivity index (χ2v) is 8.95. The molecule has 1 heterocycles. The molecule has 29 heavy (non-hydrogen) atoms. The van der Waals surface area contributed by atoms with Crippen molar-refractivity contribution < 1.29 is 22.0 Å². The van der Waals surface area contributed by atoms with Crippen molar-refractivity contribution in [2.75, 3.05) is 38.5 Å². The third-order valence-electron chi connectivity index (χ3n) is 4.79. The molecule has 0 unspecified atom stereocenters. The van der Waals surface area contributed by atoms with Crippen molar-refractivity contribution in [2.24, 2.45) is 0 Å². The van der Waals surface area contributed by atoms with Gasteiger partial charge in [0.25, 0.3) is 5.91 Å². The van der Waals surface area contributed by atoms with Crippen LogP contribution < -0.4 is 5.32 Å². The van der Waals surface area contributed by atoms with Gasteiger partial charge in [-0.05, 0) is 17.7 Å². The molecule has 3 rings (SSSR count). The number of rotatable bonds is 7. The highest BCUT2D eigenvalue weighted by Crippen LogP contribution is 2.12. The fourth-order valence-corrected chi connectivity index (χ4v) is 4.54. The molecule has 1 amide bonds. The van der Waals surface area contributed by atoms with Crippen molar-refractivity contribution in [2.45, 2.75) is 6.54 Å². The highest BCUT2D eigenvalue weighted by Gasteiger charge is 2.26. The first-order valence-corrected chi connectivity index (χ1v) is 10.9. The smallest absolute Gasteiger partial charge is 0.254 e. The van der Waals surface area contributed by atoms with E-state index in [0.717, 1.165) is 18.7 Å². The number of halogens is 2.